The van der Waals surface area contributed by atoms with Crippen molar-refractivity contribution in [2.24, 2.45) is 0 Å². The molecule has 0 radical (unpaired) electrons. The van der Waals surface area contributed by atoms with Gasteiger partial charge in [-0.25, -0.2) is 0 Å². The molecule has 0 aromatic rings. The molecule has 1 aliphatic rings. The molecule has 82 valence electrons. The minimum Gasteiger partial charge on any atom is -0.376 e. The van der Waals surface area contributed by atoms with Gasteiger partial charge in [0.15, 0.2) is 0 Å². The minimum atomic E-state index is -2.98. The van der Waals surface area contributed by atoms with E-state index >= 15 is 0 Å². The van der Waals surface area contributed by atoms with E-state index in [0.717, 1.165) is 0 Å². The van der Waals surface area contributed by atoms with Crippen LogP contribution < -0.4 is 10.6 Å². The summed E-state index contributed by atoms with van der Waals surface area (Å²) in [4.78, 5) is 9.49. The van der Waals surface area contributed by atoms with Crippen LogP contribution in [0.5, 0.6) is 0 Å². The largest absolute Gasteiger partial charge is 0.376 e. The molecule has 15 heavy (non-hydrogen) atoms. The van der Waals surface area contributed by atoms with Crippen LogP contribution in [0.2, 0.25) is 0 Å². The highest BCUT2D eigenvalue weighted by atomic mass is 32.2. The van der Waals surface area contributed by atoms with Crippen molar-refractivity contribution in [2.75, 3.05) is 0 Å². The van der Waals surface area contributed by atoms with Crippen LogP contribution >= 0.6 is 11.8 Å². The summed E-state index contributed by atoms with van der Waals surface area (Å²) >= 11 is 0.447. The molecule has 1 aliphatic heterocycles. The second-order valence-corrected chi connectivity index (χ2v) is 4.58. The van der Waals surface area contributed by atoms with E-state index in [1.165, 1.54) is 0 Å². The van der Waals surface area contributed by atoms with Crippen molar-refractivity contribution < 1.29 is 13.0 Å². The highest BCUT2D eigenvalue weighted by Crippen LogP contribution is 2.33. The summed E-state index contributed by atoms with van der Waals surface area (Å²) in [6.07, 6.45) is 0. The molecule has 1 amide bonds. The molecule has 0 saturated carbocycles. The Hall–Kier alpha value is -1.15. The number of hydrogen-bond acceptors (Lipinski definition) is 4. The lowest BCUT2D eigenvalue weighted by Crippen LogP contribution is -2.46. The monoisotopic (exact) mass is 231 g/mol. The lowest BCUT2D eigenvalue weighted by Gasteiger charge is -2.32. The van der Waals surface area contributed by atoms with Crippen LogP contribution in [0.15, 0.2) is 10.6 Å². The summed E-state index contributed by atoms with van der Waals surface area (Å²) in [5.74, 6) is -1.01. The average Bonchev–Trinajstić information content (AvgIpc) is 2.24. The zero-order valence-electron chi connectivity index (χ0n) is 14.3. The van der Waals surface area contributed by atoms with E-state index in [2.05, 4.69) is 5.32 Å². The maximum Gasteiger partial charge on any atom is 0.265 e. The Balaban J connectivity index is 3.47. The van der Waals surface area contributed by atoms with Crippen LogP contribution in [-0.4, -0.2) is 16.8 Å². The number of nitrogens with zero attached hydrogens (tertiary/aromatic N) is 1. The number of carbonyl (C=O) groups excluding carboxylic acids is 1. The molecule has 1 heterocycles. The summed E-state index contributed by atoms with van der Waals surface area (Å²) in [7, 11) is 0. The molecule has 0 fully saturated rings. The lowest BCUT2D eigenvalue weighted by molar-refractivity contribution is -0.118. The average molecular weight is 231 g/mol. The number of thioether (sulfide) groups is 1. The Bertz CT molecular complexity index is 502. The van der Waals surface area contributed by atoms with E-state index in [4.69, 9.17) is 13.5 Å². The molecule has 0 spiro atoms. The van der Waals surface area contributed by atoms with E-state index in [1.54, 1.807) is 19.9 Å². The van der Waals surface area contributed by atoms with Crippen molar-refractivity contribution in [3.8, 4) is 6.07 Å². The van der Waals surface area contributed by atoms with Crippen molar-refractivity contribution in [3.63, 3.8) is 0 Å². The van der Waals surface area contributed by atoms with Gasteiger partial charge in [-0.2, -0.15) is 5.26 Å². The van der Waals surface area contributed by atoms with Crippen molar-refractivity contribution in [3.05, 3.63) is 10.6 Å². The quantitative estimate of drug-likeness (QED) is 0.752. The third-order valence-electron chi connectivity index (χ3n) is 1.53. The minimum absolute atomic E-state index is 0.0384. The van der Waals surface area contributed by atoms with Crippen LogP contribution in [0.25, 0.3) is 0 Å². The van der Waals surface area contributed by atoms with Gasteiger partial charge in [0.25, 0.3) is 5.91 Å². The van der Waals surface area contributed by atoms with E-state index in [0.29, 0.717) is 11.8 Å². The summed E-state index contributed by atoms with van der Waals surface area (Å²) in [5, 5.41) is 13.7. The molecule has 5 heteroatoms. The van der Waals surface area contributed by atoms with Gasteiger partial charge in [0.05, 0.1) is 9.90 Å². The summed E-state index contributed by atoms with van der Waals surface area (Å²) in [5.41, 5.74) is -0.321. The van der Waals surface area contributed by atoms with Crippen molar-refractivity contribution in [1.29, 1.82) is 5.26 Å². The molecule has 0 bridgehead atoms. The molecule has 0 atom stereocenters. The Morgan fingerprint density at radius 1 is 1.67 bits per heavy atom. The first-order valence-electron chi connectivity index (χ1n) is 7.28. The number of amides is 1. The first kappa shape index (κ1) is 5.80. The Kier molecular flexibility index (Phi) is 1.61. The maximum absolute atomic E-state index is 12.0. The van der Waals surface area contributed by atoms with Gasteiger partial charge in [-0.1, -0.05) is 11.8 Å². The molecule has 1 rings (SSSR count). The number of hydrogen-bond donors (Lipinski definition) is 2. The molecule has 2 N–H and O–H groups in total. The van der Waals surface area contributed by atoms with Gasteiger partial charge in [-0.05, 0) is 27.6 Å². The highest BCUT2D eigenvalue weighted by molar-refractivity contribution is 8.04. The lowest BCUT2D eigenvalue weighted by atomic mass is 10.2. The molecular formula is C10H15N3OS. The fourth-order valence-electron chi connectivity index (χ4n) is 1.02. The van der Waals surface area contributed by atoms with Gasteiger partial charge >= 0.3 is 0 Å². The van der Waals surface area contributed by atoms with Crippen LogP contribution in [0, 0.1) is 11.3 Å². The maximum atomic E-state index is 12.0. The second kappa shape index (κ2) is 4.15. The van der Waals surface area contributed by atoms with E-state index in [1.807, 2.05) is 5.32 Å². The van der Waals surface area contributed by atoms with E-state index < -0.39 is 24.5 Å². The summed E-state index contributed by atoms with van der Waals surface area (Å²) in [6, 6.07) is 1.47. The molecular weight excluding hydrogens is 210 g/mol. The zero-order valence-corrected chi connectivity index (χ0v) is 9.16. The molecule has 0 saturated heterocycles. The van der Waals surface area contributed by atoms with Gasteiger partial charge in [0.1, 0.15) is 11.6 Å². The smallest absolute Gasteiger partial charge is 0.265 e. The van der Waals surface area contributed by atoms with E-state index in [9.17, 15) is 4.79 Å². The highest BCUT2D eigenvalue weighted by Gasteiger charge is 2.33. The van der Waals surface area contributed by atoms with E-state index in [-0.39, 0.29) is 16.6 Å². The summed E-state index contributed by atoms with van der Waals surface area (Å²) < 4.78 is 45.1. The zero-order chi connectivity index (χ0) is 16.6. The predicted octanol–water partition coefficient (Wildman–Crippen LogP) is 1.32. The number of rotatable bonds is 2. The van der Waals surface area contributed by atoms with Gasteiger partial charge in [-0.15, -0.1) is 0 Å². The van der Waals surface area contributed by atoms with Gasteiger partial charge in [0.2, 0.25) is 0 Å². The SMILES string of the molecule is [2H]C([2H])([2H])C1(C([2H])([2H])[2H])NC(=O)C(C#N)=C(NC(C)C)S1. The Morgan fingerprint density at radius 2 is 2.33 bits per heavy atom. The number of nitrogens with one attached hydrogen (secondary N) is 2. The predicted molar refractivity (Wildman–Crippen MR) is 60.7 cm³/mol. The molecule has 4 nitrogen and oxygen atoms in total. The first-order valence-corrected chi connectivity index (χ1v) is 5.10. The molecule has 0 unspecified atom stereocenters. The Morgan fingerprint density at radius 3 is 2.80 bits per heavy atom. The topological polar surface area (TPSA) is 64.9 Å². The summed E-state index contributed by atoms with van der Waals surface area (Å²) in [6.45, 7) is -2.52. The second-order valence-electron chi connectivity index (χ2n) is 3.35. The molecule has 0 aliphatic carbocycles. The van der Waals surface area contributed by atoms with Gasteiger partial charge < -0.3 is 10.6 Å². The van der Waals surface area contributed by atoms with Crippen molar-refractivity contribution >= 4 is 17.7 Å². The fourth-order valence-corrected chi connectivity index (χ4v) is 2.01. The first-order chi connectivity index (χ1) is 9.35. The number of carbonyl (C=O) groups is 1. The van der Waals surface area contributed by atoms with Crippen molar-refractivity contribution in [2.45, 2.75) is 38.5 Å². The molecule has 0 aromatic heterocycles. The van der Waals surface area contributed by atoms with Crippen LogP contribution in [-0.2, 0) is 4.79 Å². The van der Waals surface area contributed by atoms with Crippen LogP contribution in [0.4, 0.5) is 0 Å². The van der Waals surface area contributed by atoms with Crippen LogP contribution in [0.1, 0.15) is 35.8 Å². The van der Waals surface area contributed by atoms with Crippen molar-refractivity contribution in [1.82, 2.24) is 10.6 Å². The fraction of sp³-hybridized carbons (Fsp3) is 0.600. The number of nitriles is 1. The van der Waals surface area contributed by atoms with Crippen LogP contribution in [0.3, 0.4) is 0 Å². The normalized spacial score (nSPS) is 27.5. The molecule has 0 aromatic carbocycles. The third-order valence-corrected chi connectivity index (χ3v) is 2.46. The standard InChI is InChI=1S/C10H15N3OS/c1-6(2)12-9-7(5-11)8(14)13-10(3,4)15-9/h6,12H,1-4H3,(H,13,14)/i3D3,4D3. The van der Waals surface area contributed by atoms with Gasteiger partial charge in [-0.3, -0.25) is 4.79 Å². The Labute approximate surface area is 103 Å². The van der Waals surface area contributed by atoms with Gasteiger partial charge in [0, 0.05) is 14.3 Å². The third kappa shape index (κ3) is 2.90.